The van der Waals surface area contributed by atoms with E-state index in [1.807, 2.05) is 52.0 Å². The van der Waals surface area contributed by atoms with Gasteiger partial charge in [0.1, 0.15) is 0 Å². The van der Waals surface area contributed by atoms with Crippen LogP contribution in [0.4, 0.5) is 10.5 Å². The number of nitrogens with one attached hydrogen (secondary N) is 2. The molecule has 2 N–H and O–H groups in total. The van der Waals surface area contributed by atoms with E-state index in [1.165, 1.54) is 0 Å². The largest absolute Gasteiger partial charge is 0.380 e. The van der Waals surface area contributed by atoms with Crippen LogP contribution in [-0.4, -0.2) is 30.4 Å². The number of urea groups is 1. The Hall–Kier alpha value is -1.59. The van der Waals surface area contributed by atoms with Gasteiger partial charge in [0.05, 0.1) is 23.9 Å². The molecular formula is C17H26N2O3. The van der Waals surface area contributed by atoms with E-state index in [0.29, 0.717) is 6.61 Å². The van der Waals surface area contributed by atoms with Crippen LogP contribution in [0.15, 0.2) is 24.3 Å². The fraction of sp³-hybridized carbons (Fsp3) is 0.588. The summed E-state index contributed by atoms with van der Waals surface area (Å²) < 4.78 is 11.1. The quantitative estimate of drug-likeness (QED) is 0.897. The van der Waals surface area contributed by atoms with Crippen LogP contribution < -0.4 is 10.6 Å². The molecule has 1 saturated heterocycles. The van der Waals surface area contributed by atoms with Crippen molar-refractivity contribution in [1.82, 2.24) is 5.32 Å². The highest BCUT2D eigenvalue weighted by atomic mass is 16.5. The van der Waals surface area contributed by atoms with Crippen molar-refractivity contribution in [3.8, 4) is 0 Å². The van der Waals surface area contributed by atoms with Gasteiger partial charge in [-0.2, -0.15) is 0 Å². The second-order valence-corrected chi connectivity index (χ2v) is 6.95. The molecule has 0 aliphatic carbocycles. The van der Waals surface area contributed by atoms with E-state index < -0.39 is 0 Å². The average Bonchev–Trinajstić information content (AvgIpc) is 2.57. The highest BCUT2D eigenvalue weighted by molar-refractivity contribution is 5.89. The third-order valence-electron chi connectivity index (χ3n) is 3.88. The van der Waals surface area contributed by atoms with Crippen molar-refractivity contribution >= 4 is 11.7 Å². The lowest BCUT2D eigenvalue weighted by Gasteiger charge is -2.27. The van der Waals surface area contributed by atoms with Gasteiger partial charge in [0, 0.05) is 12.8 Å². The minimum Gasteiger partial charge on any atom is -0.380 e. The Morgan fingerprint density at radius 1 is 1.36 bits per heavy atom. The zero-order valence-corrected chi connectivity index (χ0v) is 14.0. The molecule has 0 bridgehead atoms. The van der Waals surface area contributed by atoms with Gasteiger partial charge in [-0.15, -0.1) is 0 Å². The first-order valence-electron chi connectivity index (χ1n) is 7.57. The number of amides is 2. The molecule has 1 atom stereocenters. The predicted octanol–water partition coefficient (Wildman–Crippen LogP) is 3.30. The van der Waals surface area contributed by atoms with Gasteiger partial charge in [0.25, 0.3) is 0 Å². The molecule has 2 amide bonds. The highest BCUT2D eigenvalue weighted by Gasteiger charge is 2.46. The maximum atomic E-state index is 12.2. The lowest BCUT2D eigenvalue weighted by atomic mass is 9.95. The molecule has 1 aliphatic heterocycles. The third kappa shape index (κ3) is 4.21. The smallest absolute Gasteiger partial charge is 0.319 e. The summed E-state index contributed by atoms with van der Waals surface area (Å²) in [5.74, 6) is 0. The molecule has 22 heavy (non-hydrogen) atoms. The highest BCUT2D eigenvalue weighted by Crippen LogP contribution is 2.37. The van der Waals surface area contributed by atoms with E-state index in [-0.39, 0.29) is 23.3 Å². The lowest BCUT2D eigenvalue weighted by molar-refractivity contribution is -0.0689. The van der Waals surface area contributed by atoms with Crippen LogP contribution in [0.25, 0.3) is 0 Å². The number of anilines is 1. The lowest BCUT2D eigenvalue weighted by Crippen LogP contribution is -2.47. The van der Waals surface area contributed by atoms with Crippen molar-refractivity contribution in [1.29, 1.82) is 0 Å². The zero-order chi connectivity index (χ0) is 16.4. The molecule has 1 aliphatic rings. The Labute approximate surface area is 132 Å². The Kier molecular flexibility index (Phi) is 4.78. The van der Waals surface area contributed by atoms with Gasteiger partial charge < -0.3 is 20.1 Å². The van der Waals surface area contributed by atoms with Gasteiger partial charge in [-0.25, -0.2) is 4.79 Å². The fourth-order valence-corrected chi connectivity index (χ4v) is 3.02. The first-order valence-corrected chi connectivity index (χ1v) is 7.57. The number of hydrogen-bond acceptors (Lipinski definition) is 3. The van der Waals surface area contributed by atoms with E-state index in [0.717, 1.165) is 17.7 Å². The van der Waals surface area contributed by atoms with Crippen molar-refractivity contribution in [3.63, 3.8) is 0 Å². The number of hydrogen-bond donors (Lipinski definition) is 2. The van der Waals surface area contributed by atoms with Crippen LogP contribution in [0, 0.1) is 0 Å². The summed E-state index contributed by atoms with van der Waals surface area (Å²) in [6.07, 6.45) is 0.789. The second-order valence-electron chi connectivity index (χ2n) is 6.95. The molecule has 1 heterocycles. The van der Waals surface area contributed by atoms with Crippen molar-refractivity contribution in [2.75, 3.05) is 12.4 Å². The Balaban J connectivity index is 1.97. The molecule has 0 saturated carbocycles. The number of rotatable bonds is 4. The SMILES string of the molecule is COCc1cccc(NC(=O)N[C@@H]2CC(C)(C)OC2(C)C)c1. The van der Waals surface area contributed by atoms with Gasteiger partial charge in [-0.1, -0.05) is 12.1 Å². The fourth-order valence-electron chi connectivity index (χ4n) is 3.02. The van der Waals surface area contributed by atoms with Crippen LogP contribution in [-0.2, 0) is 16.1 Å². The molecule has 0 radical (unpaired) electrons. The molecule has 5 heteroatoms. The molecule has 0 aromatic heterocycles. The standard InChI is InChI=1S/C17H26N2O3/c1-16(2)10-14(17(3,4)22-16)19-15(20)18-13-8-6-7-12(9-13)11-21-5/h6-9,14H,10-11H2,1-5H3,(H2,18,19,20)/t14-/m1/s1. The Morgan fingerprint density at radius 3 is 2.68 bits per heavy atom. The molecule has 1 aromatic carbocycles. The molecule has 122 valence electrons. The summed E-state index contributed by atoms with van der Waals surface area (Å²) in [5.41, 5.74) is 1.17. The normalized spacial score (nSPS) is 22.3. The summed E-state index contributed by atoms with van der Waals surface area (Å²) >= 11 is 0. The number of ether oxygens (including phenoxy) is 2. The van der Waals surface area contributed by atoms with E-state index >= 15 is 0 Å². The van der Waals surface area contributed by atoms with Crippen molar-refractivity contribution in [2.24, 2.45) is 0 Å². The Morgan fingerprint density at radius 2 is 2.09 bits per heavy atom. The van der Waals surface area contributed by atoms with Gasteiger partial charge in [-0.05, 0) is 51.8 Å². The Bertz CT molecular complexity index is 540. The molecular weight excluding hydrogens is 280 g/mol. The van der Waals surface area contributed by atoms with Crippen LogP contribution in [0.2, 0.25) is 0 Å². The first-order chi connectivity index (χ1) is 10.2. The molecule has 1 aromatic rings. The average molecular weight is 306 g/mol. The van der Waals surface area contributed by atoms with Crippen molar-refractivity contribution in [2.45, 2.75) is 58.0 Å². The summed E-state index contributed by atoms with van der Waals surface area (Å²) in [5, 5.41) is 5.89. The van der Waals surface area contributed by atoms with Gasteiger partial charge in [-0.3, -0.25) is 0 Å². The molecule has 1 fully saturated rings. The summed E-state index contributed by atoms with van der Waals surface area (Å²) in [7, 11) is 1.65. The molecule has 0 spiro atoms. The van der Waals surface area contributed by atoms with Crippen LogP contribution in [0.5, 0.6) is 0 Å². The van der Waals surface area contributed by atoms with Gasteiger partial charge in [0.15, 0.2) is 0 Å². The number of benzene rings is 1. The monoisotopic (exact) mass is 306 g/mol. The van der Waals surface area contributed by atoms with E-state index in [2.05, 4.69) is 10.6 Å². The predicted molar refractivity (Wildman–Crippen MR) is 87.0 cm³/mol. The number of carbonyl (C=O) groups is 1. The second kappa shape index (κ2) is 6.26. The van der Waals surface area contributed by atoms with Gasteiger partial charge in [0.2, 0.25) is 0 Å². The molecule has 0 unspecified atom stereocenters. The van der Waals surface area contributed by atoms with E-state index in [1.54, 1.807) is 7.11 Å². The summed E-state index contributed by atoms with van der Waals surface area (Å²) in [6.45, 7) is 8.62. The van der Waals surface area contributed by atoms with Crippen molar-refractivity contribution < 1.29 is 14.3 Å². The molecule has 2 rings (SSSR count). The molecule has 5 nitrogen and oxygen atoms in total. The van der Waals surface area contributed by atoms with Crippen LogP contribution in [0.3, 0.4) is 0 Å². The maximum absolute atomic E-state index is 12.2. The van der Waals surface area contributed by atoms with Gasteiger partial charge >= 0.3 is 6.03 Å². The van der Waals surface area contributed by atoms with Crippen LogP contribution >= 0.6 is 0 Å². The van der Waals surface area contributed by atoms with E-state index in [4.69, 9.17) is 9.47 Å². The summed E-state index contributed by atoms with van der Waals surface area (Å²) in [4.78, 5) is 12.2. The van der Waals surface area contributed by atoms with Crippen molar-refractivity contribution in [3.05, 3.63) is 29.8 Å². The topological polar surface area (TPSA) is 59.6 Å². The first kappa shape index (κ1) is 16.8. The van der Waals surface area contributed by atoms with Crippen LogP contribution in [0.1, 0.15) is 39.7 Å². The number of methoxy groups -OCH3 is 1. The maximum Gasteiger partial charge on any atom is 0.319 e. The third-order valence-corrected chi connectivity index (χ3v) is 3.88. The van der Waals surface area contributed by atoms with E-state index in [9.17, 15) is 4.79 Å². The number of carbonyl (C=O) groups excluding carboxylic acids is 1. The summed E-state index contributed by atoms with van der Waals surface area (Å²) in [6, 6.07) is 7.39. The minimum atomic E-state index is -0.376. The minimum absolute atomic E-state index is 0.0235. The zero-order valence-electron chi connectivity index (χ0n) is 14.0.